The first-order valence-corrected chi connectivity index (χ1v) is 4.50. The number of phenolic OH excluding ortho intramolecular Hbond substituents is 1. The molecule has 1 aromatic carbocycles. The number of rotatable bonds is 0. The van der Waals surface area contributed by atoms with Crippen LogP contribution in [-0.2, 0) is 0 Å². The molecular formula is C8H4ClFOS. The maximum Gasteiger partial charge on any atom is 0.167 e. The zero-order valence-electron chi connectivity index (χ0n) is 5.84. The molecule has 1 N–H and O–H groups in total. The number of phenols is 1. The van der Waals surface area contributed by atoms with E-state index in [-0.39, 0.29) is 5.75 Å². The SMILES string of the molecule is Oc1c(F)cc(Cl)c2sccc12. The lowest BCUT2D eigenvalue weighted by Crippen LogP contribution is -1.76. The Labute approximate surface area is 77.0 Å². The van der Waals surface area contributed by atoms with Crippen LogP contribution in [-0.4, -0.2) is 5.11 Å². The van der Waals surface area contributed by atoms with Gasteiger partial charge in [-0.15, -0.1) is 11.3 Å². The summed E-state index contributed by atoms with van der Waals surface area (Å²) in [6, 6.07) is 2.76. The summed E-state index contributed by atoms with van der Waals surface area (Å²) in [4.78, 5) is 0. The van der Waals surface area contributed by atoms with Crippen molar-refractivity contribution in [1.82, 2.24) is 0 Å². The van der Waals surface area contributed by atoms with Crippen molar-refractivity contribution in [2.24, 2.45) is 0 Å². The smallest absolute Gasteiger partial charge is 0.167 e. The van der Waals surface area contributed by atoms with Gasteiger partial charge in [-0.1, -0.05) is 11.6 Å². The Morgan fingerprint density at radius 2 is 2.25 bits per heavy atom. The lowest BCUT2D eigenvalue weighted by Gasteiger charge is -1.98. The fraction of sp³-hybridized carbons (Fsp3) is 0. The molecular weight excluding hydrogens is 199 g/mol. The second-order valence-electron chi connectivity index (χ2n) is 2.35. The molecule has 0 aliphatic heterocycles. The quantitative estimate of drug-likeness (QED) is 0.694. The Kier molecular flexibility index (Phi) is 1.70. The number of fused-ring (bicyclic) bond motifs is 1. The van der Waals surface area contributed by atoms with Crippen molar-refractivity contribution in [3.63, 3.8) is 0 Å². The molecule has 0 atom stereocenters. The van der Waals surface area contributed by atoms with Gasteiger partial charge < -0.3 is 5.11 Å². The molecule has 2 rings (SSSR count). The fourth-order valence-corrected chi connectivity index (χ4v) is 2.19. The van der Waals surface area contributed by atoms with Gasteiger partial charge in [-0.3, -0.25) is 0 Å². The molecule has 62 valence electrons. The Balaban J connectivity index is 2.97. The molecule has 0 unspecified atom stereocenters. The number of hydrogen-bond acceptors (Lipinski definition) is 2. The first-order chi connectivity index (χ1) is 5.70. The number of thiophene rings is 1. The van der Waals surface area contributed by atoms with Crippen LogP contribution in [0.3, 0.4) is 0 Å². The zero-order chi connectivity index (χ0) is 8.72. The Bertz CT molecular complexity index is 438. The van der Waals surface area contributed by atoms with Crippen LogP contribution >= 0.6 is 22.9 Å². The highest BCUT2D eigenvalue weighted by atomic mass is 35.5. The highest BCUT2D eigenvalue weighted by Crippen LogP contribution is 2.36. The van der Waals surface area contributed by atoms with E-state index in [9.17, 15) is 9.50 Å². The van der Waals surface area contributed by atoms with Crippen molar-refractivity contribution in [3.8, 4) is 5.75 Å². The van der Waals surface area contributed by atoms with E-state index in [2.05, 4.69) is 0 Å². The fourth-order valence-electron chi connectivity index (χ4n) is 1.05. The van der Waals surface area contributed by atoms with Gasteiger partial charge in [-0.2, -0.15) is 0 Å². The van der Waals surface area contributed by atoms with E-state index in [0.717, 1.165) is 10.8 Å². The molecule has 0 aliphatic carbocycles. The maximum absolute atomic E-state index is 12.9. The van der Waals surface area contributed by atoms with Gasteiger partial charge in [0.25, 0.3) is 0 Å². The van der Waals surface area contributed by atoms with Crippen molar-refractivity contribution in [2.45, 2.75) is 0 Å². The molecule has 2 aromatic rings. The second kappa shape index (κ2) is 2.61. The molecule has 0 spiro atoms. The van der Waals surface area contributed by atoms with Gasteiger partial charge in [0.05, 0.1) is 9.72 Å². The number of aromatic hydroxyl groups is 1. The van der Waals surface area contributed by atoms with Crippen LogP contribution < -0.4 is 0 Å². The predicted molar refractivity (Wildman–Crippen MR) is 48.5 cm³/mol. The molecule has 0 amide bonds. The lowest BCUT2D eigenvalue weighted by molar-refractivity contribution is 0.439. The van der Waals surface area contributed by atoms with Crippen molar-refractivity contribution in [1.29, 1.82) is 0 Å². The maximum atomic E-state index is 12.9. The number of benzene rings is 1. The molecule has 0 fully saturated rings. The van der Waals surface area contributed by atoms with E-state index >= 15 is 0 Å². The van der Waals surface area contributed by atoms with Gasteiger partial charge in [0.1, 0.15) is 0 Å². The van der Waals surface area contributed by atoms with Crippen molar-refractivity contribution < 1.29 is 9.50 Å². The molecule has 0 bridgehead atoms. The third-order valence-corrected chi connectivity index (χ3v) is 2.97. The zero-order valence-corrected chi connectivity index (χ0v) is 7.42. The highest BCUT2D eigenvalue weighted by Gasteiger charge is 2.10. The first-order valence-electron chi connectivity index (χ1n) is 3.24. The Morgan fingerprint density at radius 3 is 3.00 bits per heavy atom. The standard InChI is InChI=1S/C8H4ClFOS/c9-5-3-6(10)7(11)4-1-2-12-8(4)5/h1-3,11H. The predicted octanol–water partition coefficient (Wildman–Crippen LogP) is 3.40. The van der Waals surface area contributed by atoms with Crippen LogP contribution in [0.15, 0.2) is 17.5 Å². The van der Waals surface area contributed by atoms with Crippen LogP contribution in [0, 0.1) is 5.82 Å². The van der Waals surface area contributed by atoms with Crippen LogP contribution in [0.1, 0.15) is 0 Å². The molecule has 12 heavy (non-hydrogen) atoms. The van der Waals surface area contributed by atoms with E-state index in [4.69, 9.17) is 11.6 Å². The number of halogens is 2. The van der Waals surface area contributed by atoms with Gasteiger partial charge in [0, 0.05) is 5.39 Å². The van der Waals surface area contributed by atoms with Crippen molar-refractivity contribution in [2.75, 3.05) is 0 Å². The molecule has 0 radical (unpaired) electrons. The topological polar surface area (TPSA) is 20.2 Å². The summed E-state index contributed by atoms with van der Waals surface area (Å²) in [6.07, 6.45) is 0. The minimum atomic E-state index is -0.675. The van der Waals surface area contributed by atoms with Gasteiger partial charge in [0.2, 0.25) is 0 Å². The highest BCUT2D eigenvalue weighted by molar-refractivity contribution is 7.17. The van der Waals surface area contributed by atoms with Crippen LogP contribution in [0.4, 0.5) is 4.39 Å². The van der Waals surface area contributed by atoms with E-state index in [1.807, 2.05) is 0 Å². The van der Waals surface area contributed by atoms with Gasteiger partial charge in [-0.05, 0) is 17.5 Å². The van der Waals surface area contributed by atoms with E-state index < -0.39 is 5.82 Å². The average molecular weight is 203 g/mol. The summed E-state index contributed by atoms with van der Waals surface area (Å²) in [6.45, 7) is 0. The summed E-state index contributed by atoms with van der Waals surface area (Å²) < 4.78 is 13.6. The second-order valence-corrected chi connectivity index (χ2v) is 3.68. The molecule has 1 aromatic heterocycles. The summed E-state index contributed by atoms with van der Waals surface area (Å²) in [5, 5.41) is 11.8. The van der Waals surface area contributed by atoms with Gasteiger partial charge in [0.15, 0.2) is 11.6 Å². The van der Waals surface area contributed by atoms with Gasteiger partial charge >= 0.3 is 0 Å². The molecule has 0 aliphatic rings. The van der Waals surface area contributed by atoms with Crippen molar-refractivity contribution >= 4 is 33.0 Å². The summed E-state index contributed by atoms with van der Waals surface area (Å²) >= 11 is 7.11. The molecule has 1 nitrogen and oxygen atoms in total. The van der Waals surface area contributed by atoms with Gasteiger partial charge in [-0.25, -0.2) is 4.39 Å². The largest absolute Gasteiger partial charge is 0.504 e. The van der Waals surface area contributed by atoms with Crippen LogP contribution in [0.25, 0.3) is 10.1 Å². The number of hydrogen-bond donors (Lipinski definition) is 1. The third kappa shape index (κ3) is 0.974. The summed E-state index contributed by atoms with van der Waals surface area (Å²) in [7, 11) is 0. The Hall–Kier alpha value is -0.800. The van der Waals surface area contributed by atoms with E-state index in [1.165, 1.54) is 11.3 Å². The molecule has 4 heteroatoms. The first kappa shape index (κ1) is 7.83. The Morgan fingerprint density at radius 1 is 1.50 bits per heavy atom. The van der Waals surface area contributed by atoms with E-state index in [0.29, 0.717) is 10.4 Å². The monoisotopic (exact) mass is 202 g/mol. The van der Waals surface area contributed by atoms with Crippen molar-refractivity contribution in [3.05, 3.63) is 28.4 Å². The van der Waals surface area contributed by atoms with Crippen LogP contribution in [0.5, 0.6) is 5.75 Å². The summed E-state index contributed by atoms with van der Waals surface area (Å²) in [5.41, 5.74) is 0. The van der Waals surface area contributed by atoms with Crippen LogP contribution in [0.2, 0.25) is 5.02 Å². The van der Waals surface area contributed by atoms with E-state index in [1.54, 1.807) is 11.4 Å². The summed E-state index contributed by atoms with van der Waals surface area (Å²) in [5.74, 6) is -0.999. The minimum Gasteiger partial charge on any atom is -0.504 e. The minimum absolute atomic E-state index is 0.323. The molecule has 0 saturated carbocycles. The average Bonchev–Trinajstić information content (AvgIpc) is 2.48. The molecule has 0 saturated heterocycles. The normalized spacial score (nSPS) is 10.8. The molecule has 1 heterocycles. The third-order valence-electron chi connectivity index (χ3n) is 1.62. The lowest BCUT2D eigenvalue weighted by atomic mass is 10.2.